The molecule has 100 valence electrons. The van der Waals surface area contributed by atoms with Gasteiger partial charge < -0.3 is 0 Å². The molecule has 1 fully saturated rings. The molecule has 1 aliphatic rings. The van der Waals surface area contributed by atoms with Crippen molar-refractivity contribution in [3.05, 3.63) is 23.5 Å². The van der Waals surface area contributed by atoms with E-state index < -0.39 is 10.0 Å². The molecular formula is C12H17ClN2O2S. The highest BCUT2D eigenvalue weighted by Gasteiger charge is 2.26. The van der Waals surface area contributed by atoms with Gasteiger partial charge in [0.15, 0.2) is 0 Å². The van der Waals surface area contributed by atoms with E-state index in [2.05, 4.69) is 16.6 Å². The fourth-order valence-electron chi connectivity index (χ4n) is 2.38. The van der Waals surface area contributed by atoms with Gasteiger partial charge in [0, 0.05) is 18.9 Å². The predicted molar refractivity (Wildman–Crippen MR) is 70.9 cm³/mol. The highest BCUT2D eigenvalue weighted by atomic mass is 35.5. The Morgan fingerprint density at radius 1 is 1.50 bits per heavy atom. The first-order valence-electron chi connectivity index (χ1n) is 6.10. The summed E-state index contributed by atoms with van der Waals surface area (Å²) in [6, 6.07) is 1.48. The van der Waals surface area contributed by atoms with E-state index in [0.29, 0.717) is 18.4 Å². The largest absolute Gasteiger partial charge is 0.263 e. The molecule has 0 bridgehead atoms. The lowest BCUT2D eigenvalue weighted by Crippen LogP contribution is -2.30. The minimum Gasteiger partial charge on any atom is -0.263 e. The van der Waals surface area contributed by atoms with Crippen LogP contribution >= 0.6 is 11.6 Å². The van der Waals surface area contributed by atoms with Crippen LogP contribution in [0.1, 0.15) is 26.2 Å². The number of rotatable bonds is 4. The van der Waals surface area contributed by atoms with Crippen molar-refractivity contribution in [1.29, 1.82) is 0 Å². The van der Waals surface area contributed by atoms with Crippen molar-refractivity contribution in [2.45, 2.75) is 31.1 Å². The number of hydrogen-bond donors (Lipinski definition) is 1. The zero-order valence-corrected chi connectivity index (χ0v) is 11.8. The molecular weight excluding hydrogens is 272 g/mol. The van der Waals surface area contributed by atoms with Gasteiger partial charge in [-0.25, -0.2) is 13.1 Å². The summed E-state index contributed by atoms with van der Waals surface area (Å²) in [6.45, 7) is 2.65. The third-order valence-electron chi connectivity index (χ3n) is 3.60. The number of aromatic nitrogens is 1. The van der Waals surface area contributed by atoms with Crippen LogP contribution in [0.5, 0.6) is 0 Å². The normalized spacial score (nSPS) is 24.3. The maximum atomic E-state index is 12.1. The quantitative estimate of drug-likeness (QED) is 0.926. The molecule has 1 aromatic rings. The fourth-order valence-corrected chi connectivity index (χ4v) is 3.90. The lowest BCUT2D eigenvalue weighted by Gasteiger charge is -2.16. The summed E-state index contributed by atoms with van der Waals surface area (Å²) in [7, 11) is -3.55. The average molecular weight is 289 g/mol. The Balaban J connectivity index is 2.06. The van der Waals surface area contributed by atoms with Crippen LogP contribution in [0.25, 0.3) is 0 Å². The monoisotopic (exact) mass is 288 g/mol. The van der Waals surface area contributed by atoms with Crippen molar-refractivity contribution in [2.75, 3.05) is 6.54 Å². The third-order valence-corrected chi connectivity index (χ3v) is 5.49. The minimum atomic E-state index is -3.55. The van der Waals surface area contributed by atoms with Crippen LogP contribution in [0, 0.1) is 11.8 Å². The molecule has 1 saturated carbocycles. The first-order chi connectivity index (χ1) is 8.50. The summed E-state index contributed by atoms with van der Waals surface area (Å²) in [6.07, 6.45) is 6.20. The van der Waals surface area contributed by atoms with Gasteiger partial charge in [-0.1, -0.05) is 31.4 Å². The van der Waals surface area contributed by atoms with Crippen LogP contribution in [0.15, 0.2) is 23.4 Å². The standard InChI is InChI=1S/C12H17ClN2O2S/c1-9-3-2-4-10(9)7-15-18(16,17)12-8-14-6-5-11(12)13/h5-6,8-10,15H,2-4,7H2,1H3. The van der Waals surface area contributed by atoms with Crippen molar-refractivity contribution in [1.82, 2.24) is 9.71 Å². The lowest BCUT2D eigenvalue weighted by molar-refractivity contribution is 0.414. The van der Waals surface area contributed by atoms with Crippen molar-refractivity contribution < 1.29 is 8.42 Å². The van der Waals surface area contributed by atoms with E-state index >= 15 is 0 Å². The fraction of sp³-hybridized carbons (Fsp3) is 0.583. The van der Waals surface area contributed by atoms with Crippen molar-refractivity contribution in [3.8, 4) is 0 Å². The molecule has 0 radical (unpaired) electrons. The van der Waals surface area contributed by atoms with Gasteiger partial charge in [0.1, 0.15) is 4.90 Å². The van der Waals surface area contributed by atoms with E-state index in [4.69, 9.17) is 11.6 Å². The number of sulfonamides is 1. The molecule has 0 aliphatic heterocycles. The van der Waals surface area contributed by atoms with Gasteiger partial charge in [0.2, 0.25) is 10.0 Å². The number of nitrogens with zero attached hydrogens (tertiary/aromatic N) is 1. The summed E-state index contributed by atoms with van der Waals surface area (Å²) in [5.74, 6) is 1.01. The van der Waals surface area contributed by atoms with Crippen LogP contribution < -0.4 is 4.72 Å². The van der Waals surface area contributed by atoms with E-state index in [0.717, 1.165) is 6.42 Å². The number of halogens is 1. The zero-order valence-electron chi connectivity index (χ0n) is 10.3. The lowest BCUT2D eigenvalue weighted by atomic mass is 9.99. The maximum Gasteiger partial charge on any atom is 0.243 e. The van der Waals surface area contributed by atoms with Gasteiger partial charge in [0.25, 0.3) is 0 Å². The van der Waals surface area contributed by atoms with Crippen molar-refractivity contribution in [3.63, 3.8) is 0 Å². The first kappa shape index (κ1) is 13.8. The third kappa shape index (κ3) is 3.02. The maximum absolute atomic E-state index is 12.1. The smallest absolute Gasteiger partial charge is 0.243 e. The Bertz CT molecular complexity index is 519. The summed E-state index contributed by atoms with van der Waals surface area (Å²) in [5.41, 5.74) is 0. The zero-order chi connectivity index (χ0) is 13.2. The van der Waals surface area contributed by atoms with Gasteiger partial charge in [-0.3, -0.25) is 4.98 Å². The van der Waals surface area contributed by atoms with Crippen LogP contribution in [0.4, 0.5) is 0 Å². The van der Waals surface area contributed by atoms with Crippen LogP contribution in [-0.4, -0.2) is 19.9 Å². The van der Waals surface area contributed by atoms with Gasteiger partial charge in [-0.05, 0) is 24.3 Å². The molecule has 18 heavy (non-hydrogen) atoms. The molecule has 2 atom stereocenters. The first-order valence-corrected chi connectivity index (χ1v) is 7.96. The molecule has 0 spiro atoms. The number of hydrogen-bond acceptors (Lipinski definition) is 3. The summed E-state index contributed by atoms with van der Waals surface area (Å²) in [4.78, 5) is 3.86. The minimum absolute atomic E-state index is 0.0531. The Hall–Kier alpha value is -0.650. The second-order valence-corrected chi connectivity index (χ2v) is 6.97. The second kappa shape index (κ2) is 5.55. The van der Waals surface area contributed by atoms with E-state index in [1.807, 2.05) is 0 Å². The molecule has 0 amide bonds. The molecule has 1 N–H and O–H groups in total. The van der Waals surface area contributed by atoms with Crippen molar-refractivity contribution >= 4 is 21.6 Å². The molecule has 2 rings (SSSR count). The summed E-state index contributed by atoms with van der Waals surface area (Å²) in [5, 5.41) is 0.206. The van der Waals surface area contributed by atoms with Gasteiger partial charge in [-0.2, -0.15) is 0 Å². The summed E-state index contributed by atoms with van der Waals surface area (Å²) >= 11 is 5.87. The molecule has 1 aliphatic carbocycles. The number of pyridine rings is 1. The molecule has 0 aromatic carbocycles. The molecule has 2 unspecified atom stereocenters. The van der Waals surface area contributed by atoms with Crippen LogP contribution in [0.2, 0.25) is 5.02 Å². The number of nitrogens with one attached hydrogen (secondary N) is 1. The SMILES string of the molecule is CC1CCCC1CNS(=O)(=O)c1cnccc1Cl. The van der Waals surface area contributed by atoms with Crippen LogP contribution in [0.3, 0.4) is 0 Å². The topological polar surface area (TPSA) is 59.1 Å². The average Bonchev–Trinajstić information content (AvgIpc) is 2.73. The highest BCUT2D eigenvalue weighted by molar-refractivity contribution is 7.89. The van der Waals surface area contributed by atoms with Gasteiger partial charge in [0.05, 0.1) is 5.02 Å². The van der Waals surface area contributed by atoms with Gasteiger partial charge in [-0.15, -0.1) is 0 Å². The Labute approximate surface area is 113 Å². The van der Waals surface area contributed by atoms with Crippen LogP contribution in [-0.2, 0) is 10.0 Å². The molecule has 1 heterocycles. The van der Waals surface area contributed by atoms with E-state index in [9.17, 15) is 8.42 Å². The van der Waals surface area contributed by atoms with E-state index in [-0.39, 0.29) is 9.92 Å². The molecule has 0 saturated heterocycles. The molecule has 6 heteroatoms. The van der Waals surface area contributed by atoms with E-state index in [1.54, 1.807) is 0 Å². The Morgan fingerprint density at radius 2 is 2.28 bits per heavy atom. The highest BCUT2D eigenvalue weighted by Crippen LogP contribution is 2.31. The molecule has 1 aromatic heterocycles. The Kier molecular flexibility index (Phi) is 4.25. The molecule has 4 nitrogen and oxygen atoms in total. The Morgan fingerprint density at radius 3 is 2.89 bits per heavy atom. The van der Waals surface area contributed by atoms with E-state index in [1.165, 1.54) is 31.3 Å². The van der Waals surface area contributed by atoms with Crippen molar-refractivity contribution in [2.24, 2.45) is 11.8 Å². The van der Waals surface area contributed by atoms with Gasteiger partial charge >= 0.3 is 0 Å². The predicted octanol–water partition coefficient (Wildman–Crippen LogP) is 2.45. The second-order valence-electron chi connectivity index (χ2n) is 4.83. The summed E-state index contributed by atoms with van der Waals surface area (Å²) < 4.78 is 26.8.